The Bertz CT molecular complexity index is 619. The smallest absolute Gasteiger partial charge is 0.168 e. The van der Waals surface area contributed by atoms with Crippen LogP contribution in [0.4, 0.5) is 0 Å². The van der Waals surface area contributed by atoms with Gasteiger partial charge in [-0.3, -0.25) is 4.79 Å². The predicted molar refractivity (Wildman–Crippen MR) is 90.1 cm³/mol. The standard InChI is InChI=1S/C19H24O3/c1-3-5-11-21-18-10-8-16-13-15(14-20)7-9-17(16)19(18)22-12-6-4-2/h7-10,13-14H,3-6,11-12H2,1-2H3. The molecule has 2 rings (SSSR count). The molecule has 0 fully saturated rings. The second kappa shape index (κ2) is 8.42. The molecule has 0 saturated heterocycles. The van der Waals surface area contributed by atoms with E-state index in [4.69, 9.17) is 9.47 Å². The van der Waals surface area contributed by atoms with E-state index in [1.807, 2.05) is 30.3 Å². The molecular formula is C19H24O3. The Morgan fingerprint density at radius 1 is 0.955 bits per heavy atom. The zero-order valence-electron chi connectivity index (χ0n) is 13.4. The molecule has 118 valence electrons. The number of unbranched alkanes of at least 4 members (excludes halogenated alkanes) is 2. The highest BCUT2D eigenvalue weighted by Crippen LogP contribution is 2.36. The molecule has 0 aromatic heterocycles. The quantitative estimate of drug-likeness (QED) is 0.482. The van der Waals surface area contributed by atoms with Gasteiger partial charge in [-0.25, -0.2) is 0 Å². The molecule has 2 aromatic rings. The number of carbonyl (C=O) groups excluding carboxylic acids is 1. The molecule has 0 radical (unpaired) electrons. The van der Waals surface area contributed by atoms with Crippen LogP contribution in [-0.4, -0.2) is 19.5 Å². The van der Waals surface area contributed by atoms with E-state index in [0.29, 0.717) is 18.8 Å². The first-order chi connectivity index (χ1) is 10.8. The molecule has 0 aliphatic rings. The zero-order chi connectivity index (χ0) is 15.8. The van der Waals surface area contributed by atoms with E-state index < -0.39 is 0 Å². The maximum absolute atomic E-state index is 10.9. The maximum Gasteiger partial charge on any atom is 0.168 e. The van der Waals surface area contributed by atoms with Gasteiger partial charge in [-0.15, -0.1) is 0 Å². The summed E-state index contributed by atoms with van der Waals surface area (Å²) in [5, 5.41) is 2.00. The number of fused-ring (bicyclic) bond motifs is 1. The van der Waals surface area contributed by atoms with Crippen molar-refractivity contribution < 1.29 is 14.3 Å². The van der Waals surface area contributed by atoms with Crippen LogP contribution in [0, 0.1) is 0 Å². The first-order valence-electron chi connectivity index (χ1n) is 8.07. The number of hydrogen-bond donors (Lipinski definition) is 0. The van der Waals surface area contributed by atoms with Crippen LogP contribution in [-0.2, 0) is 0 Å². The fourth-order valence-electron chi connectivity index (χ4n) is 2.28. The third-order valence-electron chi connectivity index (χ3n) is 3.59. The van der Waals surface area contributed by atoms with Crippen molar-refractivity contribution in [3.63, 3.8) is 0 Å². The van der Waals surface area contributed by atoms with Gasteiger partial charge >= 0.3 is 0 Å². The van der Waals surface area contributed by atoms with Crippen LogP contribution in [0.25, 0.3) is 10.8 Å². The molecule has 0 amide bonds. The Kier molecular flexibility index (Phi) is 6.26. The molecule has 3 nitrogen and oxygen atoms in total. The van der Waals surface area contributed by atoms with E-state index >= 15 is 0 Å². The molecule has 0 aliphatic carbocycles. The van der Waals surface area contributed by atoms with Gasteiger partial charge in [0.2, 0.25) is 0 Å². The number of ether oxygens (including phenoxy) is 2. The van der Waals surface area contributed by atoms with Crippen LogP contribution < -0.4 is 9.47 Å². The van der Waals surface area contributed by atoms with Crippen LogP contribution in [0.2, 0.25) is 0 Å². The van der Waals surface area contributed by atoms with Crippen LogP contribution in [0.15, 0.2) is 30.3 Å². The van der Waals surface area contributed by atoms with E-state index in [2.05, 4.69) is 13.8 Å². The predicted octanol–water partition coefficient (Wildman–Crippen LogP) is 5.01. The fourth-order valence-corrected chi connectivity index (χ4v) is 2.28. The van der Waals surface area contributed by atoms with Crippen molar-refractivity contribution >= 4 is 17.1 Å². The third kappa shape index (κ3) is 4.00. The van der Waals surface area contributed by atoms with E-state index in [1.54, 1.807) is 0 Å². The first-order valence-corrected chi connectivity index (χ1v) is 8.07. The fraction of sp³-hybridized carbons (Fsp3) is 0.421. The Morgan fingerprint density at radius 3 is 2.36 bits per heavy atom. The third-order valence-corrected chi connectivity index (χ3v) is 3.59. The van der Waals surface area contributed by atoms with E-state index in [9.17, 15) is 4.79 Å². The lowest BCUT2D eigenvalue weighted by molar-refractivity contribution is 0.112. The Balaban J connectivity index is 2.35. The van der Waals surface area contributed by atoms with Crippen molar-refractivity contribution in [1.82, 2.24) is 0 Å². The summed E-state index contributed by atoms with van der Waals surface area (Å²) in [4.78, 5) is 10.9. The molecule has 0 bridgehead atoms. The van der Waals surface area contributed by atoms with Gasteiger partial charge in [-0.05, 0) is 36.4 Å². The molecule has 3 heteroatoms. The highest BCUT2D eigenvalue weighted by atomic mass is 16.5. The van der Waals surface area contributed by atoms with Crippen molar-refractivity contribution in [3.8, 4) is 11.5 Å². The molecule has 0 N–H and O–H groups in total. The van der Waals surface area contributed by atoms with Crippen molar-refractivity contribution in [2.75, 3.05) is 13.2 Å². The van der Waals surface area contributed by atoms with Gasteiger partial charge < -0.3 is 9.47 Å². The molecule has 0 spiro atoms. The summed E-state index contributed by atoms with van der Waals surface area (Å²) in [7, 11) is 0. The summed E-state index contributed by atoms with van der Waals surface area (Å²) in [6, 6.07) is 9.56. The van der Waals surface area contributed by atoms with E-state index in [-0.39, 0.29) is 0 Å². The average molecular weight is 300 g/mol. The summed E-state index contributed by atoms with van der Waals surface area (Å²) in [6.07, 6.45) is 5.09. The second-order valence-corrected chi connectivity index (χ2v) is 5.40. The van der Waals surface area contributed by atoms with Gasteiger partial charge in [-0.1, -0.05) is 38.8 Å². The highest BCUT2D eigenvalue weighted by Gasteiger charge is 2.11. The summed E-state index contributed by atoms with van der Waals surface area (Å²) in [5.41, 5.74) is 0.673. The topological polar surface area (TPSA) is 35.5 Å². The summed E-state index contributed by atoms with van der Waals surface area (Å²) < 4.78 is 11.9. The van der Waals surface area contributed by atoms with Gasteiger partial charge in [0.25, 0.3) is 0 Å². The van der Waals surface area contributed by atoms with Crippen LogP contribution in [0.3, 0.4) is 0 Å². The molecule has 0 aliphatic heterocycles. The highest BCUT2D eigenvalue weighted by molar-refractivity contribution is 5.94. The van der Waals surface area contributed by atoms with E-state index in [0.717, 1.165) is 54.2 Å². The second-order valence-electron chi connectivity index (χ2n) is 5.40. The maximum atomic E-state index is 10.9. The summed E-state index contributed by atoms with van der Waals surface area (Å²) >= 11 is 0. The number of rotatable bonds is 9. The molecule has 0 saturated carbocycles. The van der Waals surface area contributed by atoms with Crippen molar-refractivity contribution in [2.45, 2.75) is 39.5 Å². The van der Waals surface area contributed by atoms with Crippen LogP contribution in [0.1, 0.15) is 49.9 Å². The first kappa shape index (κ1) is 16.3. The van der Waals surface area contributed by atoms with Crippen molar-refractivity contribution in [1.29, 1.82) is 0 Å². The molecule has 2 aromatic carbocycles. The number of hydrogen-bond acceptors (Lipinski definition) is 3. The van der Waals surface area contributed by atoms with Crippen LogP contribution >= 0.6 is 0 Å². The average Bonchev–Trinajstić information content (AvgIpc) is 2.56. The van der Waals surface area contributed by atoms with Gasteiger partial charge in [-0.2, -0.15) is 0 Å². The Morgan fingerprint density at radius 2 is 1.68 bits per heavy atom. The Hall–Kier alpha value is -2.03. The van der Waals surface area contributed by atoms with Crippen molar-refractivity contribution in [2.24, 2.45) is 0 Å². The number of carbonyl (C=O) groups is 1. The lowest BCUT2D eigenvalue weighted by atomic mass is 10.1. The molecule has 0 heterocycles. The number of aldehydes is 1. The minimum absolute atomic E-state index is 0.673. The minimum Gasteiger partial charge on any atom is -0.490 e. The molecule has 0 unspecified atom stereocenters. The zero-order valence-corrected chi connectivity index (χ0v) is 13.4. The molecular weight excluding hydrogens is 276 g/mol. The molecule has 22 heavy (non-hydrogen) atoms. The normalized spacial score (nSPS) is 10.6. The lowest BCUT2D eigenvalue weighted by Crippen LogP contribution is -2.03. The monoisotopic (exact) mass is 300 g/mol. The van der Waals surface area contributed by atoms with Crippen molar-refractivity contribution in [3.05, 3.63) is 35.9 Å². The Labute approximate surface area is 132 Å². The molecule has 0 atom stereocenters. The summed E-state index contributed by atoms with van der Waals surface area (Å²) in [6.45, 7) is 5.65. The largest absolute Gasteiger partial charge is 0.490 e. The number of benzene rings is 2. The SMILES string of the molecule is CCCCOc1ccc2cc(C=O)ccc2c1OCCCC. The van der Waals surface area contributed by atoms with Gasteiger partial charge in [0, 0.05) is 10.9 Å². The van der Waals surface area contributed by atoms with Gasteiger partial charge in [0.1, 0.15) is 6.29 Å². The van der Waals surface area contributed by atoms with Gasteiger partial charge in [0.15, 0.2) is 11.5 Å². The van der Waals surface area contributed by atoms with E-state index in [1.165, 1.54) is 0 Å². The minimum atomic E-state index is 0.673. The van der Waals surface area contributed by atoms with Gasteiger partial charge in [0.05, 0.1) is 13.2 Å². The summed E-state index contributed by atoms with van der Waals surface area (Å²) in [5.74, 6) is 1.58. The van der Waals surface area contributed by atoms with Crippen LogP contribution in [0.5, 0.6) is 11.5 Å². The lowest BCUT2D eigenvalue weighted by Gasteiger charge is -2.15.